The van der Waals surface area contributed by atoms with Gasteiger partial charge in [0.05, 0.1) is 5.60 Å². The molecule has 2 nitrogen and oxygen atoms in total. The first-order valence-electron chi connectivity index (χ1n) is 6.61. The van der Waals surface area contributed by atoms with Gasteiger partial charge in [0.2, 0.25) is 0 Å². The van der Waals surface area contributed by atoms with Crippen LogP contribution in [0, 0.1) is 12.7 Å². The summed E-state index contributed by atoms with van der Waals surface area (Å²) in [5, 5.41) is 3.36. The number of hydrogen-bond acceptors (Lipinski definition) is 2. The van der Waals surface area contributed by atoms with E-state index in [9.17, 15) is 4.39 Å². The molecule has 1 aliphatic rings. The van der Waals surface area contributed by atoms with Crippen molar-refractivity contribution < 1.29 is 9.13 Å². The maximum Gasteiger partial charge on any atom is 0.123 e. The van der Waals surface area contributed by atoms with E-state index in [1.165, 1.54) is 11.6 Å². The molecule has 1 fully saturated rings. The van der Waals surface area contributed by atoms with Gasteiger partial charge in [-0.15, -0.1) is 0 Å². The largest absolute Gasteiger partial charge is 0.374 e. The summed E-state index contributed by atoms with van der Waals surface area (Å²) >= 11 is 0. The molecule has 100 valence electrons. The van der Waals surface area contributed by atoms with E-state index in [1.54, 1.807) is 6.07 Å². The molecule has 1 heterocycles. The molecule has 0 radical (unpaired) electrons. The van der Waals surface area contributed by atoms with Crippen molar-refractivity contribution in [1.82, 2.24) is 5.32 Å². The summed E-state index contributed by atoms with van der Waals surface area (Å²) in [6.45, 7) is 4.97. The van der Waals surface area contributed by atoms with Gasteiger partial charge in [-0.25, -0.2) is 4.39 Å². The summed E-state index contributed by atoms with van der Waals surface area (Å²) in [4.78, 5) is 0. The minimum absolute atomic E-state index is 0.102. The summed E-state index contributed by atoms with van der Waals surface area (Å²) in [6, 6.07) is 5.28. The van der Waals surface area contributed by atoms with E-state index in [0.717, 1.165) is 31.4 Å². The molecule has 0 bridgehead atoms. The molecule has 1 saturated heterocycles. The second-order valence-corrected chi connectivity index (χ2v) is 5.38. The van der Waals surface area contributed by atoms with Gasteiger partial charge >= 0.3 is 0 Å². The number of ether oxygens (including phenoxy) is 1. The number of halogens is 1. The smallest absolute Gasteiger partial charge is 0.123 e. The van der Waals surface area contributed by atoms with Crippen LogP contribution in [0.2, 0.25) is 0 Å². The lowest BCUT2D eigenvalue weighted by atomic mass is 9.87. The van der Waals surface area contributed by atoms with Gasteiger partial charge in [0.25, 0.3) is 0 Å². The highest BCUT2D eigenvalue weighted by Crippen LogP contribution is 2.30. The summed E-state index contributed by atoms with van der Waals surface area (Å²) in [6.07, 6.45) is 3.08. The Morgan fingerprint density at radius 3 is 2.83 bits per heavy atom. The fourth-order valence-corrected chi connectivity index (χ4v) is 2.81. The zero-order valence-electron chi connectivity index (χ0n) is 11.4. The van der Waals surface area contributed by atoms with Gasteiger partial charge < -0.3 is 10.1 Å². The summed E-state index contributed by atoms with van der Waals surface area (Å²) in [7, 11) is 1.97. The third kappa shape index (κ3) is 2.73. The summed E-state index contributed by atoms with van der Waals surface area (Å²) in [5.74, 6) is -0.166. The molecular formula is C15H22FNO. The van der Waals surface area contributed by atoms with Crippen molar-refractivity contribution in [3.8, 4) is 0 Å². The molecule has 0 amide bonds. The van der Waals surface area contributed by atoms with Gasteiger partial charge in [-0.3, -0.25) is 0 Å². The highest BCUT2D eigenvalue weighted by atomic mass is 19.1. The highest BCUT2D eigenvalue weighted by Gasteiger charge is 2.37. The molecule has 18 heavy (non-hydrogen) atoms. The Morgan fingerprint density at radius 1 is 1.50 bits per heavy atom. The number of rotatable bonds is 4. The Hall–Kier alpha value is -0.930. The first-order valence-corrected chi connectivity index (χ1v) is 6.61. The molecule has 2 unspecified atom stereocenters. The standard InChI is InChI=1S/C15H22FNO/c1-11-9-13(16)6-5-12(11)10-14(17-3)15(2)7-4-8-18-15/h5-6,9,14,17H,4,7-8,10H2,1-3H3. The van der Waals surface area contributed by atoms with Crippen molar-refractivity contribution in [3.63, 3.8) is 0 Å². The molecule has 1 aromatic carbocycles. The maximum absolute atomic E-state index is 13.1. The molecule has 0 saturated carbocycles. The molecule has 0 aromatic heterocycles. The maximum atomic E-state index is 13.1. The van der Waals surface area contributed by atoms with E-state index in [4.69, 9.17) is 4.74 Å². The summed E-state index contributed by atoms with van der Waals surface area (Å²) in [5.41, 5.74) is 2.10. The molecule has 1 N–H and O–H groups in total. The van der Waals surface area contributed by atoms with Crippen molar-refractivity contribution in [1.29, 1.82) is 0 Å². The third-order valence-corrected chi connectivity index (χ3v) is 4.06. The van der Waals surface area contributed by atoms with Crippen molar-refractivity contribution >= 4 is 0 Å². The van der Waals surface area contributed by atoms with Crippen LogP contribution in [0.5, 0.6) is 0 Å². The van der Waals surface area contributed by atoms with Crippen LogP contribution in [0.3, 0.4) is 0 Å². The fourth-order valence-electron chi connectivity index (χ4n) is 2.81. The van der Waals surface area contributed by atoms with Crippen molar-refractivity contribution in [3.05, 3.63) is 35.1 Å². The van der Waals surface area contributed by atoms with E-state index in [2.05, 4.69) is 12.2 Å². The van der Waals surface area contributed by atoms with Crippen LogP contribution in [-0.2, 0) is 11.2 Å². The summed E-state index contributed by atoms with van der Waals surface area (Å²) < 4.78 is 19.0. The van der Waals surface area contributed by atoms with Crippen LogP contribution in [-0.4, -0.2) is 25.3 Å². The molecule has 2 atom stereocenters. The number of likely N-dealkylation sites (N-methyl/N-ethyl adjacent to an activating group) is 1. The topological polar surface area (TPSA) is 21.3 Å². The first kappa shape index (κ1) is 13.5. The monoisotopic (exact) mass is 251 g/mol. The SMILES string of the molecule is CNC(Cc1ccc(F)cc1C)C1(C)CCCO1. The zero-order chi connectivity index (χ0) is 13.2. The lowest BCUT2D eigenvalue weighted by Gasteiger charge is -2.33. The number of hydrogen-bond donors (Lipinski definition) is 1. The van der Waals surface area contributed by atoms with Gasteiger partial charge in [-0.05, 0) is 63.4 Å². The fraction of sp³-hybridized carbons (Fsp3) is 0.600. The number of aryl methyl sites for hydroxylation is 1. The van der Waals surface area contributed by atoms with E-state index in [1.807, 2.05) is 20.0 Å². The second kappa shape index (κ2) is 5.37. The Kier molecular flexibility index (Phi) is 4.03. The van der Waals surface area contributed by atoms with Gasteiger partial charge in [0.1, 0.15) is 5.82 Å². The van der Waals surface area contributed by atoms with Crippen LogP contribution in [0.25, 0.3) is 0 Å². The third-order valence-electron chi connectivity index (χ3n) is 4.06. The Bertz CT molecular complexity index is 413. The molecule has 1 aromatic rings. The van der Waals surface area contributed by atoms with E-state index in [-0.39, 0.29) is 17.5 Å². The van der Waals surface area contributed by atoms with Gasteiger partial charge in [0.15, 0.2) is 0 Å². The predicted molar refractivity (Wildman–Crippen MR) is 71.3 cm³/mol. The molecule has 3 heteroatoms. The van der Waals surface area contributed by atoms with E-state index < -0.39 is 0 Å². The van der Waals surface area contributed by atoms with Crippen LogP contribution in [0.15, 0.2) is 18.2 Å². The number of benzene rings is 1. The number of nitrogens with one attached hydrogen (secondary N) is 1. The first-order chi connectivity index (χ1) is 8.55. The van der Waals surface area contributed by atoms with Crippen LogP contribution < -0.4 is 5.32 Å². The molecule has 0 spiro atoms. The molecule has 0 aliphatic carbocycles. The van der Waals surface area contributed by atoms with Gasteiger partial charge in [-0.2, -0.15) is 0 Å². The average molecular weight is 251 g/mol. The van der Waals surface area contributed by atoms with E-state index in [0.29, 0.717) is 0 Å². The molecular weight excluding hydrogens is 229 g/mol. The van der Waals surface area contributed by atoms with Crippen LogP contribution >= 0.6 is 0 Å². The molecule has 2 rings (SSSR count). The molecule has 1 aliphatic heterocycles. The second-order valence-electron chi connectivity index (χ2n) is 5.38. The minimum atomic E-state index is -0.166. The van der Waals surface area contributed by atoms with Crippen LogP contribution in [0.1, 0.15) is 30.9 Å². The lowest BCUT2D eigenvalue weighted by molar-refractivity contribution is -0.00946. The zero-order valence-corrected chi connectivity index (χ0v) is 11.4. The normalized spacial score (nSPS) is 25.3. The van der Waals surface area contributed by atoms with Gasteiger partial charge in [0, 0.05) is 12.6 Å². The quantitative estimate of drug-likeness (QED) is 0.888. The Balaban J connectivity index is 2.15. The highest BCUT2D eigenvalue weighted by molar-refractivity contribution is 5.28. The minimum Gasteiger partial charge on any atom is -0.374 e. The predicted octanol–water partition coefficient (Wildman–Crippen LogP) is 2.83. The average Bonchev–Trinajstić information content (AvgIpc) is 2.76. The Labute approximate surface area is 109 Å². The van der Waals surface area contributed by atoms with Crippen molar-refractivity contribution in [2.24, 2.45) is 0 Å². The lowest BCUT2D eigenvalue weighted by Crippen LogP contribution is -2.48. The van der Waals surface area contributed by atoms with Crippen LogP contribution in [0.4, 0.5) is 4.39 Å². The Morgan fingerprint density at radius 2 is 2.28 bits per heavy atom. The van der Waals surface area contributed by atoms with Crippen molar-refractivity contribution in [2.75, 3.05) is 13.7 Å². The van der Waals surface area contributed by atoms with Crippen molar-refractivity contribution in [2.45, 2.75) is 44.8 Å². The van der Waals surface area contributed by atoms with Gasteiger partial charge in [-0.1, -0.05) is 6.07 Å². The van der Waals surface area contributed by atoms with E-state index >= 15 is 0 Å².